The second-order valence-corrected chi connectivity index (χ2v) is 7.65. The van der Waals surface area contributed by atoms with E-state index in [0.717, 1.165) is 25.7 Å². The maximum Gasteiger partial charge on any atom is 0.305 e. The molecular formula is C22H39NO7. The van der Waals surface area contributed by atoms with E-state index in [1.54, 1.807) is 0 Å². The molecule has 2 atom stereocenters. The SMILES string of the molecule is CC.CC1/C=C/CCC(C)(C(=O)NC(COCCC(=O)O)COCCC(=O)O)CC1. The van der Waals surface area contributed by atoms with Crippen LogP contribution < -0.4 is 5.32 Å². The van der Waals surface area contributed by atoms with Crippen molar-refractivity contribution >= 4 is 17.8 Å². The van der Waals surface area contributed by atoms with Crippen LogP contribution in [0, 0.1) is 11.3 Å². The maximum atomic E-state index is 12.9. The smallest absolute Gasteiger partial charge is 0.305 e. The third-order valence-corrected chi connectivity index (χ3v) is 4.92. The predicted octanol–water partition coefficient (Wildman–Crippen LogP) is 3.25. The van der Waals surface area contributed by atoms with Gasteiger partial charge in [-0.05, 0) is 31.6 Å². The van der Waals surface area contributed by atoms with E-state index in [-0.39, 0.29) is 45.2 Å². The molecule has 0 aromatic heterocycles. The minimum absolute atomic E-state index is 0.0381. The average molecular weight is 430 g/mol. The molecule has 0 spiro atoms. The van der Waals surface area contributed by atoms with Gasteiger partial charge in [0.2, 0.25) is 5.91 Å². The number of hydrogen-bond acceptors (Lipinski definition) is 5. The molecule has 0 saturated heterocycles. The van der Waals surface area contributed by atoms with Crippen molar-refractivity contribution in [2.75, 3.05) is 26.4 Å². The van der Waals surface area contributed by atoms with Crippen LogP contribution in [-0.2, 0) is 23.9 Å². The van der Waals surface area contributed by atoms with E-state index in [1.165, 1.54) is 0 Å². The Morgan fingerprint density at radius 2 is 1.60 bits per heavy atom. The number of carbonyl (C=O) groups is 3. The monoisotopic (exact) mass is 429 g/mol. The largest absolute Gasteiger partial charge is 0.481 e. The molecular weight excluding hydrogens is 390 g/mol. The minimum atomic E-state index is -0.956. The first-order valence-electron chi connectivity index (χ1n) is 10.8. The number of rotatable bonds is 12. The van der Waals surface area contributed by atoms with E-state index in [9.17, 15) is 14.4 Å². The molecule has 0 aromatic rings. The molecule has 0 saturated carbocycles. The first-order valence-corrected chi connectivity index (χ1v) is 10.8. The van der Waals surface area contributed by atoms with Gasteiger partial charge in [-0.1, -0.05) is 39.8 Å². The highest BCUT2D eigenvalue weighted by atomic mass is 16.5. The van der Waals surface area contributed by atoms with E-state index in [2.05, 4.69) is 24.4 Å². The van der Waals surface area contributed by atoms with E-state index >= 15 is 0 Å². The van der Waals surface area contributed by atoms with Crippen LogP contribution in [0.1, 0.15) is 66.2 Å². The lowest BCUT2D eigenvalue weighted by molar-refractivity contribution is -0.139. The Balaban J connectivity index is 0.00000407. The van der Waals surface area contributed by atoms with E-state index < -0.39 is 23.4 Å². The van der Waals surface area contributed by atoms with Crippen LogP contribution in [0.15, 0.2) is 12.2 Å². The first kappa shape index (κ1) is 28.1. The number of hydrogen-bond donors (Lipinski definition) is 3. The van der Waals surface area contributed by atoms with Crippen LogP contribution in [-0.4, -0.2) is 60.5 Å². The van der Waals surface area contributed by atoms with E-state index in [1.807, 2.05) is 20.8 Å². The Bertz CT molecular complexity index is 528. The summed E-state index contributed by atoms with van der Waals surface area (Å²) in [5.74, 6) is -1.56. The zero-order valence-electron chi connectivity index (χ0n) is 18.8. The van der Waals surface area contributed by atoms with Gasteiger partial charge in [0.15, 0.2) is 0 Å². The highest BCUT2D eigenvalue weighted by Gasteiger charge is 2.34. The third-order valence-electron chi connectivity index (χ3n) is 4.92. The lowest BCUT2D eigenvalue weighted by Crippen LogP contribution is -2.48. The van der Waals surface area contributed by atoms with Crippen molar-refractivity contribution in [3.8, 4) is 0 Å². The molecule has 0 aromatic carbocycles. The van der Waals surface area contributed by atoms with Crippen molar-refractivity contribution in [3.05, 3.63) is 12.2 Å². The van der Waals surface area contributed by atoms with Crippen LogP contribution in [0.5, 0.6) is 0 Å². The summed E-state index contributed by atoms with van der Waals surface area (Å²) >= 11 is 0. The van der Waals surface area contributed by atoms with Crippen LogP contribution >= 0.6 is 0 Å². The van der Waals surface area contributed by atoms with E-state index in [4.69, 9.17) is 19.7 Å². The topological polar surface area (TPSA) is 122 Å². The molecule has 1 rings (SSSR count). The second kappa shape index (κ2) is 15.8. The minimum Gasteiger partial charge on any atom is -0.481 e. The van der Waals surface area contributed by atoms with Crippen molar-refractivity contribution in [1.29, 1.82) is 0 Å². The number of allylic oxidation sites excluding steroid dienone is 2. The molecule has 0 fully saturated rings. The summed E-state index contributed by atoms with van der Waals surface area (Å²) in [5.41, 5.74) is -0.501. The molecule has 1 amide bonds. The summed E-state index contributed by atoms with van der Waals surface area (Å²) in [6, 6.07) is -0.467. The molecule has 3 N–H and O–H groups in total. The molecule has 0 radical (unpaired) electrons. The Labute approximate surface area is 180 Å². The molecule has 0 heterocycles. The zero-order chi connectivity index (χ0) is 23.0. The number of aliphatic carboxylic acids is 2. The quantitative estimate of drug-likeness (QED) is 0.321. The van der Waals surface area contributed by atoms with Gasteiger partial charge in [0, 0.05) is 5.41 Å². The van der Waals surface area contributed by atoms with Gasteiger partial charge in [-0.3, -0.25) is 14.4 Å². The molecule has 8 nitrogen and oxygen atoms in total. The van der Waals surface area contributed by atoms with Crippen molar-refractivity contribution in [1.82, 2.24) is 5.32 Å². The molecule has 2 unspecified atom stereocenters. The van der Waals surface area contributed by atoms with Gasteiger partial charge in [0.1, 0.15) is 0 Å². The molecule has 8 heteroatoms. The molecule has 0 aliphatic heterocycles. The molecule has 174 valence electrons. The standard InChI is InChI=1S/C20H33NO7.C2H6/c1-15-5-3-4-9-20(2,10-6-15)19(26)21-16(13-27-11-7-17(22)23)14-28-12-8-18(24)25;1-2/h3,5,15-16H,4,6-14H2,1-2H3,(H,21,26)(H,22,23)(H,24,25);1-2H3/b5-3+;. The fourth-order valence-corrected chi connectivity index (χ4v) is 2.99. The highest BCUT2D eigenvalue weighted by Crippen LogP contribution is 2.33. The number of carboxylic acids is 2. The Morgan fingerprint density at radius 3 is 2.10 bits per heavy atom. The molecule has 1 aliphatic rings. The number of amides is 1. The van der Waals surface area contributed by atoms with Crippen LogP contribution in [0.3, 0.4) is 0 Å². The lowest BCUT2D eigenvalue weighted by Gasteiger charge is -2.32. The van der Waals surface area contributed by atoms with Crippen LogP contribution in [0.25, 0.3) is 0 Å². The maximum absolute atomic E-state index is 12.9. The molecule has 1 aliphatic carbocycles. The number of nitrogens with one attached hydrogen (secondary N) is 1. The fraction of sp³-hybridized carbons (Fsp3) is 0.773. The average Bonchev–Trinajstić information content (AvgIpc) is 2.69. The Hall–Kier alpha value is -1.93. The van der Waals surface area contributed by atoms with E-state index in [0.29, 0.717) is 5.92 Å². The van der Waals surface area contributed by atoms with Crippen molar-refractivity contribution in [2.24, 2.45) is 11.3 Å². The third kappa shape index (κ3) is 12.6. The summed E-state index contributed by atoms with van der Waals surface area (Å²) in [6.07, 6.45) is 7.35. The van der Waals surface area contributed by atoms with Gasteiger partial charge >= 0.3 is 11.9 Å². The zero-order valence-corrected chi connectivity index (χ0v) is 18.8. The molecule has 0 bridgehead atoms. The van der Waals surface area contributed by atoms with Gasteiger partial charge in [-0.15, -0.1) is 0 Å². The molecule has 30 heavy (non-hydrogen) atoms. The highest BCUT2D eigenvalue weighted by molar-refractivity contribution is 5.82. The predicted molar refractivity (Wildman–Crippen MR) is 114 cm³/mol. The summed E-state index contributed by atoms with van der Waals surface area (Å²) in [7, 11) is 0. The van der Waals surface area contributed by atoms with Gasteiger partial charge in [0.05, 0.1) is 45.3 Å². The van der Waals surface area contributed by atoms with Crippen molar-refractivity contribution in [2.45, 2.75) is 72.3 Å². The second-order valence-electron chi connectivity index (χ2n) is 7.65. The Kier molecular flexibility index (Phi) is 14.8. The summed E-state index contributed by atoms with van der Waals surface area (Å²) in [6.45, 7) is 8.39. The van der Waals surface area contributed by atoms with Crippen LogP contribution in [0.2, 0.25) is 0 Å². The lowest BCUT2D eigenvalue weighted by atomic mass is 9.76. The fourth-order valence-electron chi connectivity index (χ4n) is 2.99. The summed E-state index contributed by atoms with van der Waals surface area (Å²) < 4.78 is 10.7. The van der Waals surface area contributed by atoms with Gasteiger partial charge in [-0.25, -0.2) is 0 Å². The van der Waals surface area contributed by atoms with Gasteiger partial charge < -0.3 is 25.0 Å². The summed E-state index contributed by atoms with van der Waals surface area (Å²) in [5, 5.41) is 20.3. The normalized spacial score (nSPS) is 22.2. The Morgan fingerprint density at radius 1 is 1.07 bits per heavy atom. The van der Waals surface area contributed by atoms with Crippen LogP contribution in [0.4, 0.5) is 0 Å². The van der Waals surface area contributed by atoms with Gasteiger partial charge in [0.25, 0.3) is 0 Å². The number of ether oxygens (including phenoxy) is 2. The van der Waals surface area contributed by atoms with Gasteiger partial charge in [-0.2, -0.15) is 0 Å². The summed E-state index contributed by atoms with van der Waals surface area (Å²) in [4.78, 5) is 34.1. The van der Waals surface area contributed by atoms with Crippen molar-refractivity contribution < 1.29 is 34.1 Å². The van der Waals surface area contributed by atoms with Crippen molar-refractivity contribution in [3.63, 3.8) is 0 Å². The number of carbonyl (C=O) groups excluding carboxylic acids is 1. The first-order chi connectivity index (χ1) is 14.2. The number of carboxylic acid groups (broad SMARTS) is 2.